The first-order chi connectivity index (χ1) is 8.40. The summed E-state index contributed by atoms with van der Waals surface area (Å²) in [5.41, 5.74) is 2.86. The van der Waals surface area contributed by atoms with E-state index < -0.39 is 10.8 Å². The quantitative estimate of drug-likeness (QED) is 0.922. The predicted molar refractivity (Wildman–Crippen MR) is 78.6 cm³/mol. The van der Waals surface area contributed by atoms with Gasteiger partial charge in [-0.3, -0.25) is 4.21 Å². The third kappa shape index (κ3) is 2.95. The summed E-state index contributed by atoms with van der Waals surface area (Å²) >= 11 is 6.09. The van der Waals surface area contributed by atoms with E-state index in [4.69, 9.17) is 11.6 Å². The molecular formula is C14H20ClNOS. The Balaban J connectivity index is 2.17. The number of fused-ring (bicyclic) bond motifs is 1. The molecule has 0 saturated heterocycles. The number of rotatable bonds is 4. The Morgan fingerprint density at radius 2 is 2.22 bits per heavy atom. The second-order valence-corrected chi connectivity index (χ2v) is 7.66. The lowest BCUT2D eigenvalue weighted by molar-refractivity contribution is 0.274. The van der Waals surface area contributed by atoms with Crippen LogP contribution in [0.3, 0.4) is 0 Å². The topological polar surface area (TPSA) is 29.1 Å². The van der Waals surface area contributed by atoms with Crippen molar-refractivity contribution < 1.29 is 4.21 Å². The van der Waals surface area contributed by atoms with Crippen LogP contribution in [0.25, 0.3) is 0 Å². The Labute approximate surface area is 117 Å². The maximum Gasteiger partial charge on any atom is 0.0409 e. The molecular weight excluding hydrogens is 266 g/mol. The Bertz CT molecular complexity index is 473. The van der Waals surface area contributed by atoms with Crippen LogP contribution in [-0.4, -0.2) is 22.8 Å². The lowest BCUT2D eigenvalue weighted by Gasteiger charge is -2.28. The molecule has 0 bridgehead atoms. The van der Waals surface area contributed by atoms with Crippen molar-refractivity contribution in [2.45, 2.75) is 26.3 Å². The van der Waals surface area contributed by atoms with Crippen molar-refractivity contribution in [3.63, 3.8) is 0 Å². The molecule has 1 aromatic carbocycles. The van der Waals surface area contributed by atoms with Crippen molar-refractivity contribution in [1.29, 1.82) is 0 Å². The fraction of sp³-hybridized carbons (Fsp3) is 0.571. The molecule has 2 rings (SSSR count). The first-order valence-corrected chi connectivity index (χ1v) is 8.32. The molecule has 0 amide bonds. The highest BCUT2D eigenvalue weighted by Gasteiger charge is 2.38. The summed E-state index contributed by atoms with van der Waals surface area (Å²) in [4.78, 5) is 0. The molecule has 0 heterocycles. The van der Waals surface area contributed by atoms with Crippen molar-refractivity contribution in [3.8, 4) is 0 Å². The van der Waals surface area contributed by atoms with Crippen LogP contribution in [0.2, 0.25) is 5.02 Å². The van der Waals surface area contributed by atoms with E-state index in [1.807, 2.05) is 6.07 Å². The smallest absolute Gasteiger partial charge is 0.0409 e. The summed E-state index contributed by atoms with van der Waals surface area (Å²) in [6.07, 6.45) is 2.80. The third-order valence-corrected chi connectivity index (χ3v) is 4.60. The first-order valence-electron chi connectivity index (χ1n) is 6.22. The van der Waals surface area contributed by atoms with E-state index in [0.717, 1.165) is 18.0 Å². The molecule has 2 unspecified atom stereocenters. The Hall–Kier alpha value is -0.380. The van der Waals surface area contributed by atoms with Gasteiger partial charge in [0.2, 0.25) is 0 Å². The van der Waals surface area contributed by atoms with Gasteiger partial charge in [-0.2, -0.15) is 0 Å². The zero-order chi connectivity index (χ0) is 13.3. The summed E-state index contributed by atoms with van der Waals surface area (Å²) in [6.45, 7) is 5.31. The Morgan fingerprint density at radius 1 is 1.50 bits per heavy atom. The van der Waals surface area contributed by atoms with Gasteiger partial charge in [-0.05, 0) is 35.1 Å². The lowest BCUT2D eigenvalue weighted by Crippen LogP contribution is -2.33. The fourth-order valence-electron chi connectivity index (χ4n) is 2.74. The van der Waals surface area contributed by atoms with Gasteiger partial charge < -0.3 is 5.32 Å². The molecule has 1 aliphatic rings. The molecule has 18 heavy (non-hydrogen) atoms. The largest absolute Gasteiger partial charge is 0.309 e. The minimum absolute atomic E-state index is 0.183. The van der Waals surface area contributed by atoms with E-state index in [9.17, 15) is 4.21 Å². The van der Waals surface area contributed by atoms with Gasteiger partial charge in [0, 0.05) is 40.4 Å². The van der Waals surface area contributed by atoms with Crippen LogP contribution in [0.1, 0.15) is 31.0 Å². The molecule has 1 aromatic rings. The maximum atomic E-state index is 11.1. The lowest BCUT2D eigenvalue weighted by atomic mass is 9.85. The van der Waals surface area contributed by atoms with Crippen LogP contribution < -0.4 is 5.32 Å². The van der Waals surface area contributed by atoms with Crippen molar-refractivity contribution in [1.82, 2.24) is 5.32 Å². The molecule has 0 radical (unpaired) electrons. The van der Waals surface area contributed by atoms with Gasteiger partial charge >= 0.3 is 0 Å². The van der Waals surface area contributed by atoms with E-state index in [2.05, 4.69) is 31.3 Å². The van der Waals surface area contributed by atoms with E-state index >= 15 is 0 Å². The second kappa shape index (κ2) is 5.32. The number of halogens is 1. The average Bonchev–Trinajstić information content (AvgIpc) is 2.50. The summed E-state index contributed by atoms with van der Waals surface area (Å²) in [5.74, 6) is 0.697. The van der Waals surface area contributed by atoms with Crippen molar-refractivity contribution in [3.05, 3.63) is 34.3 Å². The standard InChI is InChI=1S/C14H20ClNOS/c1-14(2)9-10-4-5-11(15)8-12(10)13(14)16-6-7-18(3)17/h4-5,8,13,16H,6-7,9H2,1-3H3. The number of benzene rings is 1. The third-order valence-electron chi connectivity index (χ3n) is 3.58. The van der Waals surface area contributed by atoms with Crippen LogP contribution in [0, 0.1) is 5.41 Å². The number of hydrogen-bond acceptors (Lipinski definition) is 2. The van der Waals surface area contributed by atoms with Gasteiger partial charge in [-0.1, -0.05) is 31.5 Å². The van der Waals surface area contributed by atoms with E-state index in [1.165, 1.54) is 11.1 Å². The molecule has 4 heteroatoms. The Kier molecular flexibility index (Phi) is 4.15. The first kappa shape index (κ1) is 14.0. The van der Waals surface area contributed by atoms with Crippen LogP contribution >= 0.6 is 11.6 Å². The molecule has 2 nitrogen and oxygen atoms in total. The van der Waals surface area contributed by atoms with Gasteiger partial charge in [0.1, 0.15) is 0 Å². The molecule has 0 aromatic heterocycles. The zero-order valence-corrected chi connectivity index (χ0v) is 12.7. The second-order valence-electron chi connectivity index (χ2n) is 5.67. The van der Waals surface area contributed by atoms with Crippen LogP contribution in [0.5, 0.6) is 0 Å². The van der Waals surface area contributed by atoms with Gasteiger partial charge in [0.15, 0.2) is 0 Å². The van der Waals surface area contributed by atoms with E-state index in [0.29, 0.717) is 11.8 Å². The van der Waals surface area contributed by atoms with E-state index in [1.54, 1.807) is 6.26 Å². The molecule has 0 spiro atoms. The van der Waals surface area contributed by atoms with Crippen molar-refractivity contribution >= 4 is 22.4 Å². The summed E-state index contributed by atoms with van der Waals surface area (Å²) in [5, 5.41) is 4.32. The van der Waals surface area contributed by atoms with E-state index in [-0.39, 0.29) is 5.41 Å². The zero-order valence-electron chi connectivity index (χ0n) is 11.1. The van der Waals surface area contributed by atoms with Gasteiger partial charge in [0.05, 0.1) is 0 Å². The average molecular weight is 286 g/mol. The van der Waals surface area contributed by atoms with Crippen LogP contribution in [0.4, 0.5) is 0 Å². The SMILES string of the molecule is CS(=O)CCNC1c2cc(Cl)ccc2CC1(C)C. The number of hydrogen-bond donors (Lipinski definition) is 1. The highest BCUT2D eigenvalue weighted by Crippen LogP contribution is 2.45. The monoisotopic (exact) mass is 285 g/mol. The van der Waals surface area contributed by atoms with Crippen molar-refractivity contribution in [2.24, 2.45) is 5.41 Å². The van der Waals surface area contributed by atoms with Crippen LogP contribution in [0.15, 0.2) is 18.2 Å². The van der Waals surface area contributed by atoms with Gasteiger partial charge in [0.25, 0.3) is 0 Å². The van der Waals surface area contributed by atoms with Crippen molar-refractivity contribution in [2.75, 3.05) is 18.6 Å². The normalized spacial score (nSPS) is 22.8. The molecule has 1 aliphatic carbocycles. The Morgan fingerprint density at radius 3 is 2.89 bits per heavy atom. The molecule has 0 aliphatic heterocycles. The molecule has 0 fully saturated rings. The molecule has 0 saturated carbocycles. The fourth-order valence-corrected chi connectivity index (χ4v) is 3.33. The van der Waals surface area contributed by atoms with Gasteiger partial charge in [-0.15, -0.1) is 0 Å². The highest BCUT2D eigenvalue weighted by atomic mass is 35.5. The minimum Gasteiger partial charge on any atom is -0.309 e. The number of nitrogens with one attached hydrogen (secondary N) is 1. The predicted octanol–water partition coefficient (Wildman–Crippen LogP) is 2.93. The molecule has 100 valence electrons. The minimum atomic E-state index is -0.741. The molecule has 1 N–H and O–H groups in total. The summed E-state index contributed by atoms with van der Waals surface area (Å²) in [7, 11) is -0.741. The molecule has 2 atom stereocenters. The van der Waals surface area contributed by atoms with Crippen LogP contribution in [-0.2, 0) is 17.2 Å². The summed E-state index contributed by atoms with van der Waals surface area (Å²) < 4.78 is 11.1. The highest BCUT2D eigenvalue weighted by molar-refractivity contribution is 7.84. The van der Waals surface area contributed by atoms with Gasteiger partial charge in [-0.25, -0.2) is 0 Å². The maximum absolute atomic E-state index is 11.1. The summed E-state index contributed by atoms with van der Waals surface area (Å²) in [6, 6.07) is 6.44.